The molecule has 0 bridgehead atoms. The fourth-order valence-corrected chi connectivity index (χ4v) is 4.22. The van der Waals surface area contributed by atoms with Crippen molar-refractivity contribution in [2.24, 2.45) is 0 Å². The second-order valence-electron chi connectivity index (χ2n) is 6.17. The smallest absolute Gasteiger partial charge is 0.223 e. The first kappa shape index (κ1) is 18.8. The summed E-state index contributed by atoms with van der Waals surface area (Å²) >= 11 is 1.68. The number of hydrogen-bond acceptors (Lipinski definition) is 5. The van der Waals surface area contributed by atoms with E-state index in [0.717, 1.165) is 35.7 Å². The van der Waals surface area contributed by atoms with Crippen molar-refractivity contribution in [3.8, 4) is 0 Å². The van der Waals surface area contributed by atoms with Crippen molar-refractivity contribution < 1.29 is 4.79 Å². The number of amides is 1. The molecule has 1 N–H and O–H groups in total. The van der Waals surface area contributed by atoms with Crippen LogP contribution in [0.2, 0.25) is 0 Å². The van der Waals surface area contributed by atoms with Crippen LogP contribution < -0.4 is 5.32 Å². The molecule has 5 nitrogen and oxygen atoms in total. The Morgan fingerprint density at radius 1 is 1.27 bits per heavy atom. The van der Waals surface area contributed by atoms with Crippen molar-refractivity contribution in [3.05, 3.63) is 59.4 Å². The Morgan fingerprint density at radius 2 is 2.15 bits per heavy atom. The average molecular weight is 389 g/mol. The van der Waals surface area contributed by atoms with E-state index in [0.29, 0.717) is 12.8 Å². The van der Waals surface area contributed by atoms with Gasteiger partial charge in [-0.2, -0.15) is 0 Å². The Bertz CT molecular complexity index is 837. The van der Waals surface area contributed by atoms with Crippen LogP contribution in [-0.4, -0.2) is 40.4 Å². The summed E-state index contributed by atoms with van der Waals surface area (Å²) in [5, 5.41) is 4.41. The van der Waals surface area contributed by atoms with Crippen molar-refractivity contribution in [2.75, 3.05) is 19.6 Å². The minimum Gasteiger partial charge on any atom is -0.333 e. The van der Waals surface area contributed by atoms with E-state index in [1.165, 1.54) is 4.70 Å². The summed E-state index contributed by atoms with van der Waals surface area (Å²) in [7, 11) is 0. The molecular weight excluding hydrogens is 368 g/mol. The van der Waals surface area contributed by atoms with E-state index < -0.39 is 0 Å². The van der Waals surface area contributed by atoms with Crippen LogP contribution in [0.1, 0.15) is 23.0 Å². The number of pyridine rings is 1. The van der Waals surface area contributed by atoms with Crippen LogP contribution in [0.15, 0.2) is 48.8 Å². The van der Waals surface area contributed by atoms with Crippen LogP contribution in [-0.2, 0) is 11.2 Å². The number of aromatic nitrogens is 2. The van der Waals surface area contributed by atoms with Crippen LogP contribution in [0.4, 0.5) is 0 Å². The Kier molecular flexibility index (Phi) is 6.19. The first-order chi connectivity index (χ1) is 12.3. The molecule has 1 saturated heterocycles. The van der Waals surface area contributed by atoms with Gasteiger partial charge in [0, 0.05) is 44.9 Å². The molecule has 26 heavy (non-hydrogen) atoms. The van der Waals surface area contributed by atoms with E-state index in [-0.39, 0.29) is 24.4 Å². The molecule has 2 aromatic heterocycles. The fourth-order valence-electron chi connectivity index (χ4n) is 3.26. The van der Waals surface area contributed by atoms with Crippen LogP contribution in [0.3, 0.4) is 0 Å². The molecule has 0 aliphatic carbocycles. The van der Waals surface area contributed by atoms with Gasteiger partial charge >= 0.3 is 0 Å². The van der Waals surface area contributed by atoms with E-state index in [1.807, 2.05) is 41.4 Å². The molecular formula is C19H21ClN4OS. The predicted octanol–water partition coefficient (Wildman–Crippen LogP) is 3.22. The number of nitrogens with zero attached hydrogens (tertiary/aromatic N) is 3. The molecule has 1 unspecified atom stereocenters. The second-order valence-corrected chi connectivity index (χ2v) is 7.28. The fraction of sp³-hybridized carbons (Fsp3) is 0.316. The molecule has 7 heteroatoms. The van der Waals surface area contributed by atoms with Crippen LogP contribution >= 0.6 is 23.7 Å². The van der Waals surface area contributed by atoms with E-state index in [2.05, 4.69) is 21.4 Å². The normalized spacial score (nSPS) is 17.1. The lowest BCUT2D eigenvalue weighted by atomic mass is 10.0. The van der Waals surface area contributed by atoms with Gasteiger partial charge in [0.05, 0.1) is 21.3 Å². The predicted molar refractivity (Wildman–Crippen MR) is 107 cm³/mol. The third-order valence-corrected chi connectivity index (χ3v) is 5.62. The molecule has 1 fully saturated rings. The zero-order chi connectivity index (χ0) is 17.1. The highest BCUT2D eigenvalue weighted by Crippen LogP contribution is 2.25. The minimum atomic E-state index is 0. The largest absolute Gasteiger partial charge is 0.333 e. The number of halogens is 1. The third-order valence-electron chi connectivity index (χ3n) is 4.52. The number of thiazole rings is 1. The van der Waals surface area contributed by atoms with Crippen LogP contribution in [0, 0.1) is 0 Å². The Labute approximate surface area is 162 Å². The van der Waals surface area contributed by atoms with Gasteiger partial charge in [0.15, 0.2) is 0 Å². The van der Waals surface area contributed by atoms with Gasteiger partial charge in [0.1, 0.15) is 0 Å². The maximum atomic E-state index is 12.8. The molecule has 3 aromatic rings. The first-order valence-electron chi connectivity index (χ1n) is 8.56. The van der Waals surface area contributed by atoms with Gasteiger partial charge in [0.2, 0.25) is 5.91 Å². The number of aryl methyl sites for hydroxylation is 1. The van der Waals surface area contributed by atoms with Crippen molar-refractivity contribution >= 4 is 39.9 Å². The standard InChI is InChI=1S/C19H20N4OS.ClH/c24-19(8-7-18-22-15-5-1-2-6-17(15)25-18)23-11-10-21-13-16(23)14-4-3-9-20-12-14;/h1-6,9,12,16,21H,7-8,10-11,13H2;1H. The molecule has 1 aromatic carbocycles. The number of piperazine rings is 1. The summed E-state index contributed by atoms with van der Waals surface area (Å²) in [5.41, 5.74) is 2.10. The molecule has 4 rings (SSSR count). The second kappa shape index (κ2) is 8.58. The Morgan fingerprint density at radius 3 is 2.96 bits per heavy atom. The van der Waals surface area contributed by atoms with Gasteiger partial charge in [-0.15, -0.1) is 23.7 Å². The van der Waals surface area contributed by atoms with E-state index in [9.17, 15) is 4.79 Å². The third kappa shape index (κ3) is 4.03. The molecule has 136 valence electrons. The lowest BCUT2D eigenvalue weighted by Crippen LogP contribution is -2.48. The summed E-state index contributed by atoms with van der Waals surface area (Å²) in [6.45, 7) is 2.35. The molecule has 1 aliphatic heterocycles. The van der Waals surface area contributed by atoms with Crippen molar-refractivity contribution in [3.63, 3.8) is 0 Å². The van der Waals surface area contributed by atoms with Gasteiger partial charge in [-0.05, 0) is 23.8 Å². The molecule has 1 amide bonds. The Balaban J connectivity index is 0.00000196. The van der Waals surface area contributed by atoms with Gasteiger partial charge in [-0.1, -0.05) is 18.2 Å². The minimum absolute atomic E-state index is 0. The highest BCUT2D eigenvalue weighted by Gasteiger charge is 2.27. The topological polar surface area (TPSA) is 58.1 Å². The summed E-state index contributed by atoms with van der Waals surface area (Å²) in [4.78, 5) is 23.6. The number of rotatable bonds is 4. The lowest BCUT2D eigenvalue weighted by molar-refractivity contribution is -0.134. The summed E-state index contributed by atoms with van der Waals surface area (Å²) < 4.78 is 1.18. The van der Waals surface area contributed by atoms with E-state index in [1.54, 1.807) is 17.5 Å². The quantitative estimate of drug-likeness (QED) is 0.745. The molecule has 0 saturated carbocycles. The first-order valence-corrected chi connectivity index (χ1v) is 9.37. The monoisotopic (exact) mass is 388 g/mol. The summed E-state index contributed by atoms with van der Waals surface area (Å²) in [5.74, 6) is 0.189. The molecule has 0 spiro atoms. The number of carbonyl (C=O) groups is 1. The van der Waals surface area contributed by atoms with Crippen LogP contribution in [0.5, 0.6) is 0 Å². The zero-order valence-corrected chi connectivity index (χ0v) is 15.9. The number of hydrogen-bond donors (Lipinski definition) is 1. The van der Waals surface area contributed by atoms with E-state index in [4.69, 9.17) is 0 Å². The zero-order valence-electron chi connectivity index (χ0n) is 14.3. The van der Waals surface area contributed by atoms with Gasteiger partial charge < -0.3 is 10.2 Å². The highest BCUT2D eigenvalue weighted by atomic mass is 35.5. The maximum absolute atomic E-state index is 12.8. The van der Waals surface area contributed by atoms with Gasteiger partial charge in [-0.25, -0.2) is 4.98 Å². The average Bonchev–Trinajstić information content (AvgIpc) is 3.10. The highest BCUT2D eigenvalue weighted by molar-refractivity contribution is 7.18. The maximum Gasteiger partial charge on any atom is 0.223 e. The molecule has 3 heterocycles. The van der Waals surface area contributed by atoms with Crippen LogP contribution in [0.25, 0.3) is 10.2 Å². The number of nitrogens with one attached hydrogen (secondary N) is 1. The molecule has 0 radical (unpaired) electrons. The SMILES string of the molecule is Cl.O=C(CCc1nc2ccccc2s1)N1CCNCC1c1cccnc1. The summed E-state index contributed by atoms with van der Waals surface area (Å²) in [6, 6.07) is 12.1. The molecule has 1 atom stereocenters. The molecule has 1 aliphatic rings. The van der Waals surface area contributed by atoms with Crippen molar-refractivity contribution in [1.29, 1.82) is 0 Å². The Hall–Kier alpha value is -2.02. The summed E-state index contributed by atoms with van der Waals surface area (Å²) in [6.07, 6.45) is 4.81. The van der Waals surface area contributed by atoms with E-state index >= 15 is 0 Å². The van der Waals surface area contributed by atoms with Crippen molar-refractivity contribution in [2.45, 2.75) is 18.9 Å². The van der Waals surface area contributed by atoms with Gasteiger partial charge in [-0.3, -0.25) is 9.78 Å². The van der Waals surface area contributed by atoms with Gasteiger partial charge in [0.25, 0.3) is 0 Å². The van der Waals surface area contributed by atoms with Crippen molar-refractivity contribution in [1.82, 2.24) is 20.2 Å². The number of carbonyl (C=O) groups excluding carboxylic acids is 1. The lowest BCUT2D eigenvalue weighted by Gasteiger charge is -2.36. The number of fused-ring (bicyclic) bond motifs is 1. The number of para-hydroxylation sites is 1. The number of benzene rings is 1.